The van der Waals surface area contributed by atoms with E-state index in [1.165, 1.54) is 12.3 Å². The molecule has 0 aliphatic heterocycles. The fourth-order valence-corrected chi connectivity index (χ4v) is 6.42. The number of H-pyrrole nitrogens is 1. The summed E-state index contributed by atoms with van der Waals surface area (Å²) in [6.07, 6.45) is 1.07. The largest absolute Gasteiger partial charge is 0.510 e. The molecule has 0 saturated heterocycles. The maximum Gasteiger partial charge on any atom is 0.260 e. The first-order valence-corrected chi connectivity index (χ1v) is 12.7. The number of nitriles is 1. The predicted octanol–water partition coefficient (Wildman–Crippen LogP) is -1.39. The number of rotatable bonds is 4. The number of hydrazone groups is 1. The minimum Gasteiger partial charge on any atom is -0.510 e. The van der Waals surface area contributed by atoms with Crippen molar-refractivity contribution < 1.29 is 20.1 Å². The van der Waals surface area contributed by atoms with Gasteiger partial charge in [0.25, 0.3) is 5.56 Å². The lowest BCUT2D eigenvalue weighted by atomic mass is 9.78. The number of halogens is 1. The Balaban J connectivity index is 1.73. The lowest BCUT2D eigenvalue weighted by molar-refractivity contribution is 0.362. The van der Waals surface area contributed by atoms with E-state index in [4.69, 9.17) is 21.6 Å². The standard InChI is InChI=1S/C28H17ClN4O9/c1-42-13-7-12(34)15-16(21(13)35)23(37)18-17(22(15)36)25(39)28(26(18)40)3-2-10-19(28)24(38)14-11(20(10)29)6-9(33-27(14)41)8-32-31-5-4-30/h6-8,31,38-40H,2-3,5H2,1H3,(H,33,41)/b32-8+/t28-/m0/s1. The molecule has 0 saturated carbocycles. The summed E-state index contributed by atoms with van der Waals surface area (Å²) in [6.45, 7) is -0.0840. The van der Waals surface area contributed by atoms with Crippen LogP contribution in [0.4, 0.5) is 0 Å². The van der Waals surface area contributed by atoms with E-state index < -0.39 is 76.6 Å². The van der Waals surface area contributed by atoms with Gasteiger partial charge in [0.15, 0.2) is 11.2 Å². The van der Waals surface area contributed by atoms with Gasteiger partial charge < -0.3 is 25.0 Å². The second-order valence-corrected chi connectivity index (χ2v) is 10.2. The zero-order chi connectivity index (χ0) is 30.2. The van der Waals surface area contributed by atoms with Gasteiger partial charge in [-0.25, -0.2) is 0 Å². The number of nitrogens with one attached hydrogen (secondary N) is 2. The molecule has 1 aromatic carbocycles. The number of aliphatic hydroxyl groups excluding tert-OH is 2. The van der Waals surface area contributed by atoms with Gasteiger partial charge in [-0.1, -0.05) is 11.6 Å². The van der Waals surface area contributed by atoms with Crippen LogP contribution < -0.4 is 47.9 Å². The number of phenols is 1. The van der Waals surface area contributed by atoms with Gasteiger partial charge in [0.05, 0.1) is 56.4 Å². The van der Waals surface area contributed by atoms with Gasteiger partial charge in [0.2, 0.25) is 16.3 Å². The zero-order valence-corrected chi connectivity index (χ0v) is 22.2. The number of ether oxygens (including phenoxy) is 1. The lowest BCUT2D eigenvalue weighted by Crippen LogP contribution is -2.51. The van der Waals surface area contributed by atoms with Crippen LogP contribution in [0, 0.1) is 21.8 Å². The van der Waals surface area contributed by atoms with E-state index in [2.05, 4.69) is 15.5 Å². The Morgan fingerprint density at radius 1 is 1.07 bits per heavy atom. The smallest absolute Gasteiger partial charge is 0.260 e. The molecule has 0 fully saturated rings. The van der Waals surface area contributed by atoms with E-state index in [0.29, 0.717) is 0 Å². The quantitative estimate of drug-likeness (QED) is 0.0808. The molecule has 14 heteroatoms. The van der Waals surface area contributed by atoms with E-state index in [0.717, 1.165) is 13.2 Å². The van der Waals surface area contributed by atoms with Crippen molar-refractivity contribution in [1.82, 2.24) is 10.4 Å². The van der Waals surface area contributed by atoms with E-state index >= 15 is 0 Å². The summed E-state index contributed by atoms with van der Waals surface area (Å²) in [4.78, 5) is 68.4. The molecule has 5 N–H and O–H groups in total. The topological polar surface area (TPSA) is 219 Å². The SMILES string of the molecule is COc1cc(=O)c2c(=O)c3c(c(=O)c=2c1=O)=C(O)[C@]1(CCc2c1c(O)c1c(=O)[nH]c(/C=N/NCC#N)cc1c2Cl)C=3O. The Morgan fingerprint density at radius 2 is 1.74 bits per heavy atom. The van der Waals surface area contributed by atoms with Crippen LogP contribution in [-0.2, 0) is 11.8 Å². The summed E-state index contributed by atoms with van der Waals surface area (Å²) in [7, 11) is 1.10. The number of methoxy groups -OCH3 is 1. The molecule has 0 radical (unpaired) electrons. The molecule has 2 aromatic rings. The van der Waals surface area contributed by atoms with Gasteiger partial charge in [0.1, 0.15) is 29.2 Å². The number of aromatic nitrogens is 1. The van der Waals surface area contributed by atoms with Gasteiger partial charge in [0, 0.05) is 17.0 Å². The average Bonchev–Trinajstić information content (AvgIpc) is 3.47. The molecule has 13 nitrogen and oxygen atoms in total. The highest BCUT2D eigenvalue weighted by Crippen LogP contribution is 2.56. The van der Waals surface area contributed by atoms with Crippen LogP contribution in [-0.4, -0.2) is 40.2 Å². The Labute approximate surface area is 236 Å². The summed E-state index contributed by atoms with van der Waals surface area (Å²) in [6, 6.07) is 4.02. The average molecular weight is 589 g/mol. The number of benzene rings is 1. The number of nitrogens with zero attached hydrogens (tertiary/aromatic N) is 2. The van der Waals surface area contributed by atoms with Gasteiger partial charge >= 0.3 is 0 Å². The Bertz CT molecular complexity index is 2470. The molecule has 210 valence electrons. The van der Waals surface area contributed by atoms with Crippen LogP contribution in [0.3, 0.4) is 0 Å². The van der Waals surface area contributed by atoms with Crippen molar-refractivity contribution >= 4 is 40.1 Å². The van der Waals surface area contributed by atoms with Crippen molar-refractivity contribution in [2.24, 2.45) is 5.10 Å². The summed E-state index contributed by atoms with van der Waals surface area (Å²) in [5.74, 6) is -2.80. The van der Waals surface area contributed by atoms with Crippen molar-refractivity contribution in [3.63, 3.8) is 0 Å². The number of fused-ring (bicyclic) bond motifs is 4. The molecule has 42 heavy (non-hydrogen) atoms. The first-order chi connectivity index (χ1) is 20.0. The molecular formula is C28H17ClN4O9. The van der Waals surface area contributed by atoms with Crippen molar-refractivity contribution in [3.8, 4) is 17.6 Å². The highest BCUT2D eigenvalue weighted by molar-refractivity contribution is 6.37. The maximum atomic E-state index is 13.6. The van der Waals surface area contributed by atoms with E-state index in [1.807, 2.05) is 6.07 Å². The summed E-state index contributed by atoms with van der Waals surface area (Å²) in [5.41, 5.74) is -4.58. The van der Waals surface area contributed by atoms with Crippen molar-refractivity contribution in [3.05, 3.63) is 106 Å². The third-order valence-corrected chi connectivity index (χ3v) is 8.26. The lowest BCUT2D eigenvalue weighted by Gasteiger charge is -2.27. The third kappa shape index (κ3) is 3.18. The Hall–Kier alpha value is -5.48. The molecule has 4 aliphatic carbocycles. The highest BCUT2D eigenvalue weighted by Gasteiger charge is 2.53. The van der Waals surface area contributed by atoms with E-state index in [1.54, 1.807) is 0 Å². The van der Waals surface area contributed by atoms with Crippen LogP contribution >= 0.6 is 11.6 Å². The Kier molecular flexibility index (Phi) is 5.74. The number of aromatic amines is 1. The number of hydrogen-bond acceptors (Lipinski definition) is 12. The minimum atomic E-state index is -2.07. The molecule has 0 unspecified atom stereocenters. The van der Waals surface area contributed by atoms with Gasteiger partial charge in [-0.3, -0.25) is 29.4 Å². The normalized spacial score (nSPS) is 17.4. The molecule has 6 rings (SSSR count). The summed E-state index contributed by atoms with van der Waals surface area (Å²) in [5, 5.41) is 43.8. The van der Waals surface area contributed by atoms with Crippen molar-refractivity contribution in [2.45, 2.75) is 18.3 Å². The van der Waals surface area contributed by atoms with Crippen molar-refractivity contribution in [1.29, 1.82) is 5.26 Å². The predicted molar refractivity (Wildman–Crippen MR) is 150 cm³/mol. The first kappa shape index (κ1) is 26.7. The van der Waals surface area contributed by atoms with Crippen molar-refractivity contribution in [2.75, 3.05) is 13.7 Å². The third-order valence-electron chi connectivity index (χ3n) is 7.83. The van der Waals surface area contributed by atoms with Crippen LogP contribution in [0.15, 0.2) is 41.2 Å². The molecule has 0 bridgehead atoms. The first-order valence-electron chi connectivity index (χ1n) is 12.3. The second-order valence-electron chi connectivity index (χ2n) is 9.78. The number of hydrogen-bond donors (Lipinski definition) is 5. The monoisotopic (exact) mass is 588 g/mol. The molecular weight excluding hydrogens is 572 g/mol. The fraction of sp³-hybridized carbons (Fsp3) is 0.179. The highest BCUT2D eigenvalue weighted by atomic mass is 35.5. The summed E-state index contributed by atoms with van der Waals surface area (Å²) < 4.78 is 4.88. The van der Waals surface area contributed by atoms with E-state index in [-0.39, 0.29) is 52.0 Å². The van der Waals surface area contributed by atoms with Crippen LogP contribution in [0.2, 0.25) is 5.02 Å². The Morgan fingerprint density at radius 3 is 2.38 bits per heavy atom. The second kappa shape index (κ2) is 9.02. The maximum absolute atomic E-state index is 13.6. The molecule has 0 amide bonds. The molecule has 1 heterocycles. The molecule has 1 atom stereocenters. The number of phenolic OH excluding ortho intramolecular Hbond substituents is 1. The number of aliphatic hydroxyl groups is 2. The molecule has 4 aliphatic rings. The molecule has 1 aromatic heterocycles. The fourth-order valence-electron chi connectivity index (χ4n) is 6.08. The zero-order valence-electron chi connectivity index (χ0n) is 21.4. The summed E-state index contributed by atoms with van der Waals surface area (Å²) >= 11 is 6.71. The van der Waals surface area contributed by atoms with Crippen LogP contribution in [0.1, 0.15) is 23.2 Å². The van der Waals surface area contributed by atoms with Crippen LogP contribution in [0.25, 0.3) is 22.3 Å². The number of aromatic hydroxyl groups is 1. The van der Waals surface area contributed by atoms with E-state index in [9.17, 15) is 39.3 Å². The van der Waals surface area contributed by atoms with Gasteiger partial charge in [-0.15, -0.1) is 0 Å². The van der Waals surface area contributed by atoms with Crippen LogP contribution in [0.5, 0.6) is 11.5 Å². The molecule has 1 spiro atoms. The minimum absolute atomic E-state index is 0.000227. The van der Waals surface area contributed by atoms with Gasteiger partial charge in [-0.2, -0.15) is 10.4 Å². The van der Waals surface area contributed by atoms with Gasteiger partial charge in [-0.05, 0) is 24.5 Å². The number of pyridine rings is 1.